The van der Waals surface area contributed by atoms with Crippen molar-refractivity contribution in [2.24, 2.45) is 0 Å². The number of hydrogen-bond donors (Lipinski definition) is 0. The molecule has 0 bridgehead atoms. The van der Waals surface area contributed by atoms with Gasteiger partial charge in [-0.1, -0.05) is 12.1 Å². The molecule has 3 aromatic rings. The van der Waals surface area contributed by atoms with Crippen LogP contribution in [0.4, 0.5) is 5.69 Å². The highest BCUT2D eigenvalue weighted by Gasteiger charge is 2.21. The summed E-state index contributed by atoms with van der Waals surface area (Å²) in [5.74, 6) is -0.656. The molecule has 0 atom stereocenters. The minimum Gasteiger partial charge on any atom is -0.464 e. The Morgan fingerprint density at radius 2 is 2.08 bits per heavy atom. The van der Waals surface area contributed by atoms with Gasteiger partial charge in [-0.2, -0.15) is 0 Å². The Kier molecular flexibility index (Phi) is 5.18. The number of hydrogen-bond acceptors (Lipinski definition) is 5. The molecule has 0 aliphatic rings. The SMILES string of the molecule is CCN(C(=O)Cn1c(C(=O)OC)cc2sccc21)c1cccc(C=O)c1. The summed E-state index contributed by atoms with van der Waals surface area (Å²) in [5, 5.41) is 1.91. The lowest BCUT2D eigenvalue weighted by Gasteiger charge is -2.22. The van der Waals surface area contributed by atoms with Crippen LogP contribution >= 0.6 is 11.3 Å². The van der Waals surface area contributed by atoms with Crippen LogP contribution in [0.3, 0.4) is 0 Å². The Labute approximate surface area is 154 Å². The number of anilines is 1. The number of nitrogens with zero attached hydrogens (tertiary/aromatic N) is 2. The van der Waals surface area contributed by atoms with Gasteiger partial charge < -0.3 is 14.2 Å². The zero-order chi connectivity index (χ0) is 18.7. The van der Waals surface area contributed by atoms with Crippen molar-refractivity contribution in [1.82, 2.24) is 4.57 Å². The van der Waals surface area contributed by atoms with Gasteiger partial charge in [0.1, 0.15) is 18.5 Å². The number of aldehydes is 1. The van der Waals surface area contributed by atoms with Gasteiger partial charge in [-0.3, -0.25) is 9.59 Å². The molecule has 0 spiro atoms. The molecule has 0 fully saturated rings. The molecule has 0 aliphatic carbocycles. The minimum atomic E-state index is -0.479. The average Bonchev–Trinajstić information content (AvgIpc) is 3.24. The molecule has 0 saturated heterocycles. The monoisotopic (exact) mass is 370 g/mol. The highest BCUT2D eigenvalue weighted by molar-refractivity contribution is 7.17. The number of likely N-dealkylation sites (N-methyl/N-ethyl adjacent to an activating group) is 1. The number of benzene rings is 1. The van der Waals surface area contributed by atoms with Crippen LogP contribution in [0.25, 0.3) is 10.2 Å². The maximum atomic E-state index is 12.9. The topological polar surface area (TPSA) is 68.6 Å². The van der Waals surface area contributed by atoms with E-state index in [9.17, 15) is 14.4 Å². The van der Waals surface area contributed by atoms with Crippen molar-refractivity contribution in [2.75, 3.05) is 18.6 Å². The quantitative estimate of drug-likeness (QED) is 0.493. The molecule has 2 heterocycles. The summed E-state index contributed by atoms with van der Waals surface area (Å²) in [6.45, 7) is 2.31. The smallest absolute Gasteiger partial charge is 0.354 e. The zero-order valence-electron chi connectivity index (χ0n) is 14.5. The fourth-order valence-corrected chi connectivity index (χ4v) is 3.73. The number of carbonyl (C=O) groups is 3. The molecule has 2 aromatic heterocycles. The second-order valence-corrected chi connectivity index (χ2v) is 6.58. The third-order valence-corrected chi connectivity index (χ3v) is 5.00. The van der Waals surface area contributed by atoms with Gasteiger partial charge in [0.15, 0.2) is 0 Å². The van der Waals surface area contributed by atoms with E-state index in [4.69, 9.17) is 4.74 Å². The van der Waals surface area contributed by atoms with Gasteiger partial charge in [0.2, 0.25) is 5.91 Å². The first-order valence-corrected chi connectivity index (χ1v) is 8.97. The van der Waals surface area contributed by atoms with Crippen LogP contribution in [0.5, 0.6) is 0 Å². The van der Waals surface area contributed by atoms with Gasteiger partial charge in [-0.25, -0.2) is 4.79 Å². The van der Waals surface area contributed by atoms with E-state index in [1.54, 1.807) is 39.8 Å². The molecule has 0 saturated carbocycles. The number of esters is 1. The van der Waals surface area contributed by atoms with Gasteiger partial charge in [0, 0.05) is 17.8 Å². The Hall–Kier alpha value is -2.93. The second kappa shape index (κ2) is 7.53. The maximum Gasteiger partial charge on any atom is 0.354 e. The summed E-state index contributed by atoms with van der Waals surface area (Å²) in [4.78, 5) is 37.6. The number of aromatic nitrogens is 1. The first-order valence-electron chi connectivity index (χ1n) is 8.09. The molecule has 0 radical (unpaired) electrons. The largest absolute Gasteiger partial charge is 0.464 e. The van der Waals surface area contributed by atoms with Gasteiger partial charge in [0.05, 0.1) is 17.3 Å². The third-order valence-electron chi connectivity index (χ3n) is 4.15. The summed E-state index contributed by atoms with van der Waals surface area (Å²) < 4.78 is 7.43. The lowest BCUT2D eigenvalue weighted by atomic mass is 10.2. The van der Waals surface area contributed by atoms with Crippen molar-refractivity contribution in [3.63, 3.8) is 0 Å². The van der Waals surface area contributed by atoms with Gasteiger partial charge in [-0.05, 0) is 36.6 Å². The molecule has 1 amide bonds. The number of carbonyl (C=O) groups excluding carboxylic acids is 3. The fraction of sp³-hybridized carbons (Fsp3) is 0.211. The summed E-state index contributed by atoms with van der Waals surface area (Å²) in [5.41, 5.74) is 2.32. The van der Waals surface area contributed by atoms with Crippen LogP contribution in [0.2, 0.25) is 0 Å². The van der Waals surface area contributed by atoms with Crippen molar-refractivity contribution in [3.8, 4) is 0 Å². The highest BCUT2D eigenvalue weighted by Crippen LogP contribution is 2.26. The molecular weight excluding hydrogens is 352 g/mol. The van der Waals surface area contributed by atoms with Crippen molar-refractivity contribution in [1.29, 1.82) is 0 Å². The first kappa shape index (κ1) is 17.9. The maximum absolute atomic E-state index is 12.9. The minimum absolute atomic E-state index is 0.00379. The molecule has 26 heavy (non-hydrogen) atoms. The van der Waals surface area contributed by atoms with Crippen LogP contribution in [-0.4, -0.2) is 36.4 Å². The number of thiophene rings is 1. The Bertz CT molecular complexity index is 973. The molecule has 0 aliphatic heterocycles. The number of fused-ring (bicyclic) bond motifs is 1. The van der Waals surface area contributed by atoms with Crippen LogP contribution in [-0.2, 0) is 16.1 Å². The van der Waals surface area contributed by atoms with E-state index < -0.39 is 5.97 Å². The number of methoxy groups -OCH3 is 1. The van der Waals surface area contributed by atoms with Crippen LogP contribution < -0.4 is 4.90 Å². The lowest BCUT2D eigenvalue weighted by Crippen LogP contribution is -2.34. The fourth-order valence-electron chi connectivity index (χ4n) is 2.91. The van der Waals surface area contributed by atoms with Crippen LogP contribution in [0.1, 0.15) is 27.8 Å². The van der Waals surface area contributed by atoms with E-state index in [0.29, 0.717) is 23.5 Å². The summed E-state index contributed by atoms with van der Waals surface area (Å²) in [7, 11) is 1.32. The predicted molar refractivity (Wildman–Crippen MR) is 101 cm³/mol. The number of ether oxygens (including phenoxy) is 1. The van der Waals surface area contributed by atoms with Crippen LogP contribution in [0, 0.1) is 0 Å². The summed E-state index contributed by atoms with van der Waals surface area (Å²) in [6, 6.07) is 10.5. The van der Waals surface area contributed by atoms with E-state index in [1.807, 2.05) is 18.4 Å². The zero-order valence-corrected chi connectivity index (χ0v) is 15.3. The van der Waals surface area contributed by atoms with Gasteiger partial charge in [0.25, 0.3) is 0 Å². The number of amides is 1. The lowest BCUT2D eigenvalue weighted by molar-refractivity contribution is -0.119. The van der Waals surface area contributed by atoms with E-state index in [-0.39, 0.29) is 12.5 Å². The first-order chi connectivity index (χ1) is 12.6. The molecule has 6 nitrogen and oxygen atoms in total. The number of rotatable bonds is 6. The molecule has 1 aromatic carbocycles. The van der Waals surface area contributed by atoms with Crippen molar-refractivity contribution >= 4 is 45.4 Å². The third kappa shape index (κ3) is 3.25. The Balaban J connectivity index is 1.95. The van der Waals surface area contributed by atoms with Crippen molar-refractivity contribution in [3.05, 3.63) is 53.0 Å². The summed E-state index contributed by atoms with van der Waals surface area (Å²) >= 11 is 1.50. The molecule has 0 unspecified atom stereocenters. The predicted octanol–water partition coefficient (Wildman–Crippen LogP) is 3.36. The van der Waals surface area contributed by atoms with E-state index in [0.717, 1.165) is 16.5 Å². The van der Waals surface area contributed by atoms with Gasteiger partial charge in [-0.15, -0.1) is 11.3 Å². The molecular formula is C19H18N2O4S. The molecule has 0 N–H and O–H groups in total. The standard InChI is InChI=1S/C19H18N2O4S/c1-3-20(14-6-4-5-13(9-14)12-22)18(23)11-21-15-7-8-26-17(15)10-16(21)19(24)25-2/h4-10,12H,3,11H2,1-2H3. The highest BCUT2D eigenvalue weighted by atomic mass is 32.1. The van der Waals surface area contributed by atoms with E-state index >= 15 is 0 Å². The Morgan fingerprint density at radius 1 is 1.27 bits per heavy atom. The Morgan fingerprint density at radius 3 is 2.77 bits per heavy atom. The van der Waals surface area contributed by atoms with Crippen molar-refractivity contribution < 1.29 is 19.1 Å². The second-order valence-electron chi connectivity index (χ2n) is 5.63. The van der Waals surface area contributed by atoms with Gasteiger partial charge >= 0.3 is 5.97 Å². The molecule has 134 valence electrons. The summed E-state index contributed by atoms with van der Waals surface area (Å²) in [6.07, 6.45) is 0.748. The van der Waals surface area contributed by atoms with Crippen LogP contribution in [0.15, 0.2) is 41.8 Å². The average molecular weight is 370 g/mol. The van der Waals surface area contributed by atoms with Crippen molar-refractivity contribution in [2.45, 2.75) is 13.5 Å². The normalized spacial score (nSPS) is 10.7. The molecule has 3 rings (SSSR count). The van der Waals surface area contributed by atoms with E-state index in [2.05, 4.69) is 0 Å². The van der Waals surface area contributed by atoms with E-state index in [1.165, 1.54) is 18.4 Å². The molecule has 7 heteroatoms.